The first-order chi connectivity index (χ1) is 12.9. The molecule has 0 heterocycles. The standard InChI is InChI=1S/C25H31N/c1-2-3-4-5-6-7-13-20-26-25-23-17-12-11-16-22(23)18-19-24(25)21-14-9-8-10-15-21/h8-12,14-19,26H,2-7,13,20H2,1H3. The molecule has 1 N–H and O–H groups in total. The van der Waals surface area contributed by atoms with Crippen molar-refractivity contribution in [2.75, 3.05) is 11.9 Å². The molecule has 0 bridgehead atoms. The van der Waals surface area contributed by atoms with Crippen molar-refractivity contribution in [3.8, 4) is 11.1 Å². The molecule has 0 aliphatic rings. The second kappa shape index (κ2) is 10.0. The maximum atomic E-state index is 3.76. The van der Waals surface area contributed by atoms with Gasteiger partial charge in [0.2, 0.25) is 0 Å². The molecule has 0 fully saturated rings. The zero-order valence-corrected chi connectivity index (χ0v) is 16.0. The molecule has 0 saturated heterocycles. The molecule has 1 heteroatoms. The molecular formula is C25H31N. The summed E-state index contributed by atoms with van der Waals surface area (Å²) in [6, 6.07) is 23.9. The lowest BCUT2D eigenvalue weighted by Crippen LogP contribution is -2.03. The van der Waals surface area contributed by atoms with E-state index >= 15 is 0 Å². The molecule has 0 aromatic heterocycles. The second-order valence-corrected chi connectivity index (χ2v) is 7.12. The Hall–Kier alpha value is -2.28. The zero-order chi connectivity index (χ0) is 18.0. The summed E-state index contributed by atoms with van der Waals surface area (Å²) in [6.07, 6.45) is 9.41. The summed E-state index contributed by atoms with van der Waals surface area (Å²) in [5, 5.41) is 6.37. The summed E-state index contributed by atoms with van der Waals surface area (Å²) in [5.74, 6) is 0. The van der Waals surface area contributed by atoms with Gasteiger partial charge in [-0.2, -0.15) is 0 Å². The van der Waals surface area contributed by atoms with Crippen LogP contribution in [0, 0.1) is 0 Å². The molecule has 0 spiro atoms. The van der Waals surface area contributed by atoms with Crippen molar-refractivity contribution in [1.82, 2.24) is 0 Å². The lowest BCUT2D eigenvalue weighted by molar-refractivity contribution is 0.596. The highest BCUT2D eigenvalue weighted by Gasteiger charge is 2.09. The van der Waals surface area contributed by atoms with Gasteiger partial charge in [0, 0.05) is 23.2 Å². The first-order valence-electron chi connectivity index (χ1n) is 10.2. The largest absolute Gasteiger partial charge is 0.384 e. The van der Waals surface area contributed by atoms with Crippen molar-refractivity contribution in [3.63, 3.8) is 0 Å². The molecular weight excluding hydrogens is 314 g/mol. The number of anilines is 1. The molecule has 136 valence electrons. The number of benzene rings is 3. The van der Waals surface area contributed by atoms with Gasteiger partial charge in [-0.15, -0.1) is 0 Å². The van der Waals surface area contributed by atoms with Crippen LogP contribution in [0.5, 0.6) is 0 Å². The van der Waals surface area contributed by atoms with Gasteiger partial charge in [-0.25, -0.2) is 0 Å². The molecule has 0 atom stereocenters. The monoisotopic (exact) mass is 345 g/mol. The van der Waals surface area contributed by atoms with E-state index in [1.165, 1.54) is 72.5 Å². The molecule has 0 aliphatic heterocycles. The minimum Gasteiger partial charge on any atom is -0.384 e. The van der Waals surface area contributed by atoms with Crippen molar-refractivity contribution in [3.05, 3.63) is 66.7 Å². The minimum absolute atomic E-state index is 1.04. The average molecular weight is 346 g/mol. The Kier molecular flexibility index (Phi) is 7.13. The van der Waals surface area contributed by atoms with Crippen LogP contribution in [-0.4, -0.2) is 6.54 Å². The quantitative estimate of drug-likeness (QED) is 0.372. The highest BCUT2D eigenvalue weighted by Crippen LogP contribution is 2.34. The Morgan fingerprint density at radius 3 is 2.15 bits per heavy atom. The van der Waals surface area contributed by atoms with E-state index in [4.69, 9.17) is 0 Å². The van der Waals surface area contributed by atoms with E-state index in [0.29, 0.717) is 0 Å². The summed E-state index contributed by atoms with van der Waals surface area (Å²) in [6.45, 7) is 3.32. The van der Waals surface area contributed by atoms with Gasteiger partial charge in [-0.3, -0.25) is 0 Å². The van der Waals surface area contributed by atoms with Gasteiger partial charge in [0.25, 0.3) is 0 Å². The van der Waals surface area contributed by atoms with E-state index in [1.807, 2.05) is 0 Å². The van der Waals surface area contributed by atoms with E-state index in [-0.39, 0.29) is 0 Å². The highest BCUT2D eigenvalue weighted by molar-refractivity contribution is 6.01. The Morgan fingerprint density at radius 2 is 1.35 bits per heavy atom. The number of hydrogen-bond donors (Lipinski definition) is 1. The maximum Gasteiger partial charge on any atom is 0.0499 e. The molecule has 26 heavy (non-hydrogen) atoms. The van der Waals surface area contributed by atoms with Crippen molar-refractivity contribution in [2.45, 2.75) is 51.9 Å². The van der Waals surface area contributed by atoms with Crippen molar-refractivity contribution >= 4 is 16.5 Å². The number of nitrogens with one attached hydrogen (secondary N) is 1. The Labute approximate surface area is 158 Å². The third-order valence-corrected chi connectivity index (χ3v) is 5.10. The van der Waals surface area contributed by atoms with Crippen LogP contribution in [-0.2, 0) is 0 Å². The number of fused-ring (bicyclic) bond motifs is 1. The van der Waals surface area contributed by atoms with E-state index in [9.17, 15) is 0 Å². The van der Waals surface area contributed by atoms with E-state index in [2.05, 4.69) is 79.0 Å². The summed E-state index contributed by atoms with van der Waals surface area (Å²) in [5.41, 5.74) is 3.85. The normalized spacial score (nSPS) is 11.0. The molecule has 0 unspecified atom stereocenters. The highest BCUT2D eigenvalue weighted by atomic mass is 14.9. The van der Waals surface area contributed by atoms with E-state index < -0.39 is 0 Å². The number of unbranched alkanes of at least 4 members (excludes halogenated alkanes) is 6. The van der Waals surface area contributed by atoms with Gasteiger partial charge in [-0.05, 0) is 17.4 Å². The summed E-state index contributed by atoms with van der Waals surface area (Å²) < 4.78 is 0. The fraction of sp³-hybridized carbons (Fsp3) is 0.360. The first kappa shape index (κ1) is 18.5. The lowest BCUT2D eigenvalue weighted by atomic mass is 9.98. The fourth-order valence-corrected chi connectivity index (χ4v) is 3.62. The van der Waals surface area contributed by atoms with Gasteiger partial charge >= 0.3 is 0 Å². The van der Waals surface area contributed by atoms with Crippen LogP contribution in [0.15, 0.2) is 66.7 Å². The van der Waals surface area contributed by atoms with Gasteiger partial charge < -0.3 is 5.32 Å². The smallest absolute Gasteiger partial charge is 0.0499 e. The molecule has 3 aromatic carbocycles. The molecule has 0 saturated carbocycles. The third kappa shape index (κ3) is 4.88. The van der Waals surface area contributed by atoms with E-state index in [0.717, 1.165) is 6.54 Å². The van der Waals surface area contributed by atoms with Gasteiger partial charge in [0.05, 0.1) is 0 Å². The van der Waals surface area contributed by atoms with Crippen LogP contribution in [0.3, 0.4) is 0 Å². The Bertz CT molecular complexity index is 792. The minimum atomic E-state index is 1.04. The predicted molar refractivity (Wildman–Crippen MR) is 116 cm³/mol. The van der Waals surface area contributed by atoms with Crippen molar-refractivity contribution < 1.29 is 0 Å². The van der Waals surface area contributed by atoms with Crippen LogP contribution in [0.25, 0.3) is 21.9 Å². The lowest BCUT2D eigenvalue weighted by Gasteiger charge is -2.16. The van der Waals surface area contributed by atoms with E-state index in [1.54, 1.807) is 0 Å². The summed E-state index contributed by atoms with van der Waals surface area (Å²) in [7, 11) is 0. The van der Waals surface area contributed by atoms with Gasteiger partial charge in [-0.1, -0.05) is 112 Å². The van der Waals surface area contributed by atoms with Crippen LogP contribution in [0.4, 0.5) is 5.69 Å². The molecule has 0 radical (unpaired) electrons. The fourth-order valence-electron chi connectivity index (χ4n) is 3.62. The second-order valence-electron chi connectivity index (χ2n) is 7.12. The summed E-state index contributed by atoms with van der Waals surface area (Å²) >= 11 is 0. The Balaban J connectivity index is 1.69. The van der Waals surface area contributed by atoms with Crippen LogP contribution < -0.4 is 5.32 Å². The van der Waals surface area contributed by atoms with Crippen LogP contribution >= 0.6 is 0 Å². The zero-order valence-electron chi connectivity index (χ0n) is 16.0. The Morgan fingerprint density at radius 1 is 0.654 bits per heavy atom. The molecule has 3 rings (SSSR count). The molecule has 1 nitrogen and oxygen atoms in total. The maximum absolute atomic E-state index is 3.76. The third-order valence-electron chi connectivity index (χ3n) is 5.10. The number of rotatable bonds is 10. The predicted octanol–water partition coefficient (Wildman–Crippen LogP) is 7.67. The van der Waals surface area contributed by atoms with Crippen LogP contribution in [0.1, 0.15) is 51.9 Å². The van der Waals surface area contributed by atoms with Crippen molar-refractivity contribution in [2.24, 2.45) is 0 Å². The first-order valence-corrected chi connectivity index (χ1v) is 10.2. The molecule has 0 aliphatic carbocycles. The SMILES string of the molecule is CCCCCCCCCNc1c(-c2ccccc2)ccc2ccccc12. The molecule has 3 aromatic rings. The van der Waals surface area contributed by atoms with Crippen LogP contribution in [0.2, 0.25) is 0 Å². The average Bonchev–Trinajstić information content (AvgIpc) is 2.70. The summed E-state index contributed by atoms with van der Waals surface area (Å²) in [4.78, 5) is 0. The van der Waals surface area contributed by atoms with Gasteiger partial charge in [0.1, 0.15) is 0 Å². The molecule has 0 amide bonds. The van der Waals surface area contributed by atoms with Crippen molar-refractivity contribution in [1.29, 1.82) is 0 Å². The van der Waals surface area contributed by atoms with Gasteiger partial charge in [0.15, 0.2) is 0 Å². The number of hydrogen-bond acceptors (Lipinski definition) is 1. The topological polar surface area (TPSA) is 12.0 Å².